The summed E-state index contributed by atoms with van der Waals surface area (Å²) in [6.45, 7) is 1.26. The fourth-order valence-corrected chi connectivity index (χ4v) is 1.14. The van der Waals surface area contributed by atoms with Crippen molar-refractivity contribution in [2.24, 2.45) is 5.73 Å². The molecule has 14 heavy (non-hydrogen) atoms. The van der Waals surface area contributed by atoms with Crippen LogP contribution < -0.4 is 5.73 Å². The first kappa shape index (κ1) is 10.4. The number of halogens is 2. The number of carbonyl (C=O) groups excluding carboxylic acids is 1. The molecule has 0 unspecified atom stereocenters. The molecule has 0 aliphatic rings. The van der Waals surface area contributed by atoms with Gasteiger partial charge < -0.3 is 10.8 Å². The van der Waals surface area contributed by atoms with Gasteiger partial charge in [0.15, 0.2) is 0 Å². The number of alkyl halides is 2. The van der Waals surface area contributed by atoms with E-state index in [-0.39, 0.29) is 11.1 Å². The Morgan fingerprint density at radius 1 is 1.64 bits per heavy atom. The van der Waals surface area contributed by atoms with E-state index in [2.05, 4.69) is 4.98 Å². The largest absolute Gasteiger partial charge is 0.505 e. The van der Waals surface area contributed by atoms with Crippen molar-refractivity contribution in [1.29, 1.82) is 0 Å². The van der Waals surface area contributed by atoms with Crippen molar-refractivity contribution in [3.63, 3.8) is 0 Å². The van der Waals surface area contributed by atoms with E-state index in [0.29, 0.717) is 0 Å². The highest BCUT2D eigenvalue weighted by Gasteiger charge is 2.20. The van der Waals surface area contributed by atoms with Crippen molar-refractivity contribution in [2.45, 2.75) is 13.3 Å². The van der Waals surface area contributed by atoms with Crippen LogP contribution in [0.2, 0.25) is 0 Å². The smallest absolute Gasteiger partial charge is 0.280 e. The lowest BCUT2D eigenvalue weighted by Gasteiger charge is -2.08. The summed E-state index contributed by atoms with van der Waals surface area (Å²) < 4.78 is 24.6. The number of amides is 1. The molecule has 0 fully saturated rings. The van der Waals surface area contributed by atoms with Gasteiger partial charge in [-0.25, -0.2) is 8.78 Å². The quantitative estimate of drug-likeness (QED) is 0.754. The van der Waals surface area contributed by atoms with E-state index < -0.39 is 23.8 Å². The van der Waals surface area contributed by atoms with E-state index in [1.54, 1.807) is 0 Å². The average Bonchev–Trinajstić information content (AvgIpc) is 2.02. The van der Waals surface area contributed by atoms with E-state index in [0.717, 1.165) is 6.20 Å². The molecular weight excluding hydrogens is 194 g/mol. The van der Waals surface area contributed by atoms with Crippen LogP contribution in [0.3, 0.4) is 0 Å². The van der Waals surface area contributed by atoms with Gasteiger partial charge in [-0.05, 0) is 12.5 Å². The second-order valence-electron chi connectivity index (χ2n) is 2.69. The molecule has 0 aromatic carbocycles. The van der Waals surface area contributed by atoms with Crippen LogP contribution in [0, 0.1) is 6.92 Å². The number of primary amides is 1. The van der Waals surface area contributed by atoms with Gasteiger partial charge in [-0.15, -0.1) is 0 Å². The molecule has 0 aliphatic heterocycles. The van der Waals surface area contributed by atoms with Crippen LogP contribution in [0.1, 0.15) is 28.0 Å². The van der Waals surface area contributed by atoms with Crippen LogP contribution in [0.4, 0.5) is 8.78 Å². The lowest BCUT2D eigenvalue weighted by molar-refractivity contribution is 0.0996. The summed E-state index contributed by atoms with van der Waals surface area (Å²) in [5.74, 6) is -1.44. The molecule has 1 rings (SSSR count). The molecule has 1 amide bonds. The Bertz CT molecular complexity index is 380. The third-order valence-electron chi connectivity index (χ3n) is 1.79. The van der Waals surface area contributed by atoms with Gasteiger partial charge in [-0.2, -0.15) is 0 Å². The molecule has 4 nitrogen and oxygen atoms in total. The number of carbonyl (C=O) groups is 1. The second kappa shape index (κ2) is 3.57. The summed E-state index contributed by atoms with van der Waals surface area (Å²) in [5, 5.41) is 9.16. The maximum absolute atomic E-state index is 12.3. The number of nitrogens with two attached hydrogens (primary N) is 1. The number of nitrogens with zero attached hydrogens (tertiary/aromatic N) is 1. The van der Waals surface area contributed by atoms with Crippen molar-refractivity contribution in [3.8, 4) is 5.75 Å². The van der Waals surface area contributed by atoms with Crippen molar-refractivity contribution < 1.29 is 18.7 Å². The summed E-state index contributed by atoms with van der Waals surface area (Å²) in [5.41, 5.74) is 3.97. The fourth-order valence-electron chi connectivity index (χ4n) is 1.14. The Balaban J connectivity index is 3.41. The minimum absolute atomic E-state index is 0.0903. The molecule has 1 aromatic heterocycles. The standard InChI is InChI=1S/C8H8F2N2O2/c1-3-5(8(11)14)4(13)2-12-6(3)7(9)10/h2,7,13H,1H3,(H2,11,14). The predicted molar refractivity (Wildman–Crippen MR) is 44.1 cm³/mol. The SMILES string of the molecule is Cc1c(C(F)F)ncc(O)c1C(N)=O. The van der Waals surface area contributed by atoms with Gasteiger partial charge in [-0.1, -0.05) is 0 Å². The number of aromatic nitrogens is 1. The van der Waals surface area contributed by atoms with Gasteiger partial charge in [0.1, 0.15) is 11.4 Å². The summed E-state index contributed by atoms with van der Waals surface area (Å²) >= 11 is 0. The maximum atomic E-state index is 12.3. The Kier molecular flexibility index (Phi) is 2.64. The third-order valence-corrected chi connectivity index (χ3v) is 1.79. The van der Waals surface area contributed by atoms with Crippen molar-refractivity contribution in [1.82, 2.24) is 4.98 Å². The highest BCUT2D eigenvalue weighted by Crippen LogP contribution is 2.27. The average molecular weight is 202 g/mol. The lowest BCUT2D eigenvalue weighted by atomic mass is 10.1. The van der Waals surface area contributed by atoms with E-state index in [1.807, 2.05) is 0 Å². The molecule has 1 aromatic rings. The van der Waals surface area contributed by atoms with Gasteiger partial charge in [-0.3, -0.25) is 9.78 Å². The number of rotatable bonds is 2. The summed E-state index contributed by atoms with van der Waals surface area (Å²) in [4.78, 5) is 14.1. The van der Waals surface area contributed by atoms with Gasteiger partial charge in [0.2, 0.25) is 0 Å². The highest BCUT2D eigenvalue weighted by atomic mass is 19.3. The van der Waals surface area contributed by atoms with Crippen LogP contribution >= 0.6 is 0 Å². The monoisotopic (exact) mass is 202 g/mol. The van der Waals surface area contributed by atoms with Gasteiger partial charge in [0.25, 0.3) is 12.3 Å². The molecular formula is C8H8F2N2O2. The van der Waals surface area contributed by atoms with Crippen LogP contribution in [0.25, 0.3) is 0 Å². The van der Waals surface area contributed by atoms with E-state index >= 15 is 0 Å². The van der Waals surface area contributed by atoms with E-state index in [4.69, 9.17) is 10.8 Å². The number of aromatic hydroxyl groups is 1. The van der Waals surface area contributed by atoms with Crippen molar-refractivity contribution in [3.05, 3.63) is 23.0 Å². The molecule has 6 heteroatoms. The number of hydrogen-bond donors (Lipinski definition) is 2. The predicted octanol–water partition coefficient (Wildman–Crippen LogP) is 1.13. The Labute approximate surface area is 78.4 Å². The molecule has 0 saturated heterocycles. The van der Waals surface area contributed by atoms with E-state index in [1.165, 1.54) is 6.92 Å². The van der Waals surface area contributed by atoms with Crippen LogP contribution in [-0.2, 0) is 0 Å². The Hall–Kier alpha value is -1.72. The summed E-state index contributed by atoms with van der Waals surface area (Å²) in [6, 6.07) is 0. The van der Waals surface area contributed by atoms with Crippen molar-refractivity contribution >= 4 is 5.91 Å². The second-order valence-corrected chi connectivity index (χ2v) is 2.69. The Morgan fingerprint density at radius 3 is 2.64 bits per heavy atom. The summed E-state index contributed by atoms with van der Waals surface area (Å²) in [6.07, 6.45) is -2.01. The Morgan fingerprint density at radius 2 is 2.21 bits per heavy atom. The van der Waals surface area contributed by atoms with Crippen LogP contribution in [-0.4, -0.2) is 16.0 Å². The maximum Gasteiger partial charge on any atom is 0.280 e. The lowest BCUT2D eigenvalue weighted by Crippen LogP contribution is -2.15. The number of hydrogen-bond acceptors (Lipinski definition) is 3. The highest BCUT2D eigenvalue weighted by molar-refractivity contribution is 5.97. The summed E-state index contributed by atoms with van der Waals surface area (Å²) in [7, 11) is 0. The molecule has 1 heterocycles. The zero-order valence-electron chi connectivity index (χ0n) is 7.29. The van der Waals surface area contributed by atoms with Crippen LogP contribution in [0.15, 0.2) is 6.20 Å². The zero-order chi connectivity index (χ0) is 10.9. The molecule has 0 radical (unpaired) electrons. The first-order valence-electron chi connectivity index (χ1n) is 3.71. The van der Waals surface area contributed by atoms with Gasteiger partial charge in [0, 0.05) is 0 Å². The van der Waals surface area contributed by atoms with Crippen LogP contribution in [0.5, 0.6) is 5.75 Å². The zero-order valence-corrected chi connectivity index (χ0v) is 7.29. The van der Waals surface area contributed by atoms with Gasteiger partial charge in [0.05, 0.1) is 11.8 Å². The minimum atomic E-state index is -2.80. The topological polar surface area (TPSA) is 76.2 Å². The molecule has 76 valence electrons. The first-order chi connectivity index (χ1) is 6.45. The van der Waals surface area contributed by atoms with Gasteiger partial charge >= 0.3 is 0 Å². The van der Waals surface area contributed by atoms with E-state index in [9.17, 15) is 13.6 Å². The third kappa shape index (κ3) is 1.63. The minimum Gasteiger partial charge on any atom is -0.505 e. The molecule has 0 aliphatic carbocycles. The molecule has 0 spiro atoms. The van der Waals surface area contributed by atoms with Crippen molar-refractivity contribution in [2.75, 3.05) is 0 Å². The normalized spacial score (nSPS) is 10.6. The molecule has 0 atom stereocenters. The number of pyridine rings is 1. The molecule has 0 bridgehead atoms. The fraction of sp³-hybridized carbons (Fsp3) is 0.250. The first-order valence-corrected chi connectivity index (χ1v) is 3.71. The molecule has 0 saturated carbocycles. The molecule has 3 N–H and O–H groups in total.